The first kappa shape index (κ1) is 26.5. The summed E-state index contributed by atoms with van der Waals surface area (Å²) in [6, 6.07) is 5.47. The molecule has 0 saturated carbocycles. The topological polar surface area (TPSA) is 102 Å². The number of aliphatic hydroxyl groups is 1. The van der Waals surface area contributed by atoms with E-state index in [0.717, 1.165) is 23.2 Å². The quantitative estimate of drug-likeness (QED) is 0.383. The molecule has 0 radical (unpaired) electrons. The van der Waals surface area contributed by atoms with Gasteiger partial charge in [0.25, 0.3) is 5.91 Å². The molecular weight excluding hydrogens is 456 g/mol. The van der Waals surface area contributed by atoms with E-state index in [-0.39, 0.29) is 11.9 Å². The van der Waals surface area contributed by atoms with Gasteiger partial charge in [-0.1, -0.05) is 24.3 Å². The monoisotopic (exact) mass is 488 g/mol. The normalized spacial score (nSPS) is 15.4. The summed E-state index contributed by atoms with van der Waals surface area (Å²) in [6.07, 6.45) is 4.10. The van der Waals surface area contributed by atoms with Crippen LogP contribution in [0.25, 0.3) is 0 Å². The van der Waals surface area contributed by atoms with Gasteiger partial charge < -0.3 is 29.8 Å². The number of aromatic nitrogens is 1. The van der Waals surface area contributed by atoms with E-state index < -0.39 is 5.60 Å². The van der Waals surface area contributed by atoms with Crippen LogP contribution < -0.4 is 15.2 Å². The number of carbonyl (C=O) groups is 1. The highest BCUT2D eigenvalue weighted by molar-refractivity contribution is 6.01. The number of hydrogen-bond acceptors (Lipinski definition) is 5. The van der Waals surface area contributed by atoms with E-state index in [2.05, 4.69) is 39.8 Å². The number of amidine groups is 1. The van der Waals surface area contributed by atoms with Gasteiger partial charge in [0, 0.05) is 42.8 Å². The summed E-state index contributed by atoms with van der Waals surface area (Å²) in [5.74, 6) is 12.8. The van der Waals surface area contributed by atoms with Crippen molar-refractivity contribution in [1.82, 2.24) is 9.47 Å². The molecule has 1 aromatic heterocycles. The summed E-state index contributed by atoms with van der Waals surface area (Å²) >= 11 is 0. The predicted octanol–water partition coefficient (Wildman–Crippen LogP) is 2.61. The number of amides is 1. The molecule has 1 aromatic carbocycles. The Labute approximate surface area is 212 Å². The molecule has 1 fully saturated rings. The number of benzene rings is 1. The van der Waals surface area contributed by atoms with Crippen LogP contribution in [0.5, 0.6) is 11.5 Å². The number of nitrogens with zero attached hydrogens (tertiary/aromatic N) is 3. The zero-order valence-electron chi connectivity index (χ0n) is 21.4. The summed E-state index contributed by atoms with van der Waals surface area (Å²) in [4.78, 5) is 18.4. The van der Waals surface area contributed by atoms with Crippen LogP contribution in [-0.4, -0.2) is 59.2 Å². The molecule has 1 atom stereocenters. The number of ether oxygens (including phenoxy) is 2. The van der Waals surface area contributed by atoms with E-state index in [1.807, 2.05) is 25.3 Å². The molecule has 8 heteroatoms. The van der Waals surface area contributed by atoms with Crippen molar-refractivity contribution in [2.45, 2.75) is 38.8 Å². The molecule has 1 saturated heterocycles. The highest BCUT2D eigenvalue weighted by Crippen LogP contribution is 2.28. The number of likely N-dealkylation sites (tertiary alicyclic amines) is 1. The molecule has 3 rings (SSSR count). The molecule has 8 nitrogen and oxygen atoms in total. The second-order valence-corrected chi connectivity index (χ2v) is 8.96. The van der Waals surface area contributed by atoms with Crippen LogP contribution in [0.2, 0.25) is 0 Å². The second-order valence-electron chi connectivity index (χ2n) is 8.96. The lowest BCUT2D eigenvalue weighted by Gasteiger charge is -2.17. The van der Waals surface area contributed by atoms with Crippen molar-refractivity contribution in [3.05, 3.63) is 59.6 Å². The Balaban J connectivity index is 1.97. The van der Waals surface area contributed by atoms with Crippen molar-refractivity contribution >= 4 is 11.7 Å². The second kappa shape index (κ2) is 11.1. The Hall–Kier alpha value is -4.14. The Morgan fingerprint density at radius 3 is 2.50 bits per heavy atom. The molecule has 1 unspecified atom stereocenters. The SMILES string of the molecule is C=CN=C(N)c1c(C#Cc2cc(OC)cc(OC)c2)cn(C2CCN(C(=O)C#CC(C)(C)O)C2)c1C. The van der Waals surface area contributed by atoms with Crippen LogP contribution in [0.1, 0.15) is 48.7 Å². The maximum atomic E-state index is 12.5. The summed E-state index contributed by atoms with van der Waals surface area (Å²) in [5, 5.41) is 9.79. The first-order valence-electron chi connectivity index (χ1n) is 11.5. The van der Waals surface area contributed by atoms with Gasteiger partial charge in [-0.2, -0.15) is 0 Å². The maximum Gasteiger partial charge on any atom is 0.298 e. The molecule has 3 N–H and O–H groups in total. The van der Waals surface area contributed by atoms with E-state index in [4.69, 9.17) is 15.2 Å². The van der Waals surface area contributed by atoms with Crippen molar-refractivity contribution in [3.8, 4) is 35.2 Å². The van der Waals surface area contributed by atoms with Gasteiger partial charge in [0.1, 0.15) is 22.9 Å². The van der Waals surface area contributed by atoms with E-state index in [9.17, 15) is 9.90 Å². The highest BCUT2D eigenvalue weighted by atomic mass is 16.5. The fraction of sp³-hybridized carbons (Fsp3) is 0.357. The molecule has 0 aliphatic carbocycles. The number of hydrogen-bond donors (Lipinski definition) is 2. The van der Waals surface area contributed by atoms with Gasteiger partial charge in [0.05, 0.1) is 31.4 Å². The summed E-state index contributed by atoms with van der Waals surface area (Å²) < 4.78 is 12.8. The number of carbonyl (C=O) groups excluding carboxylic acids is 1. The van der Waals surface area contributed by atoms with E-state index in [0.29, 0.717) is 36.0 Å². The van der Waals surface area contributed by atoms with Gasteiger partial charge in [-0.25, -0.2) is 4.99 Å². The molecule has 1 aliphatic rings. The third-order valence-electron chi connectivity index (χ3n) is 5.79. The fourth-order valence-electron chi connectivity index (χ4n) is 4.04. The van der Waals surface area contributed by atoms with Crippen LogP contribution in [0.4, 0.5) is 0 Å². The van der Waals surface area contributed by atoms with Gasteiger partial charge in [-0.15, -0.1) is 0 Å². The van der Waals surface area contributed by atoms with Crippen molar-refractivity contribution < 1.29 is 19.4 Å². The molecule has 0 spiro atoms. The molecule has 188 valence electrons. The van der Waals surface area contributed by atoms with Crippen molar-refractivity contribution in [2.75, 3.05) is 27.3 Å². The number of rotatable bonds is 5. The first-order valence-corrected chi connectivity index (χ1v) is 11.5. The van der Waals surface area contributed by atoms with Crippen molar-refractivity contribution in [3.63, 3.8) is 0 Å². The number of aliphatic imine (C=N–C) groups is 1. The minimum absolute atomic E-state index is 0.0284. The molecule has 0 bridgehead atoms. The smallest absolute Gasteiger partial charge is 0.298 e. The van der Waals surface area contributed by atoms with E-state index >= 15 is 0 Å². The largest absolute Gasteiger partial charge is 0.497 e. The zero-order valence-corrected chi connectivity index (χ0v) is 21.4. The average molecular weight is 489 g/mol. The van der Waals surface area contributed by atoms with Crippen LogP contribution in [0.3, 0.4) is 0 Å². The molecular formula is C28H32N4O4. The van der Waals surface area contributed by atoms with Crippen LogP contribution in [0.15, 0.2) is 42.2 Å². The first-order chi connectivity index (χ1) is 17.1. The fourth-order valence-corrected chi connectivity index (χ4v) is 4.04. The van der Waals surface area contributed by atoms with Gasteiger partial charge in [0.2, 0.25) is 0 Å². The lowest BCUT2D eigenvalue weighted by atomic mass is 10.1. The number of methoxy groups -OCH3 is 2. The van der Waals surface area contributed by atoms with E-state index in [1.54, 1.807) is 39.0 Å². The average Bonchev–Trinajstić information content (AvgIpc) is 3.45. The Morgan fingerprint density at radius 1 is 1.25 bits per heavy atom. The van der Waals surface area contributed by atoms with Gasteiger partial charge in [-0.05, 0) is 45.2 Å². The van der Waals surface area contributed by atoms with Crippen LogP contribution in [-0.2, 0) is 4.79 Å². The molecule has 1 amide bonds. The summed E-state index contributed by atoms with van der Waals surface area (Å²) in [7, 11) is 3.18. The standard InChI is InChI=1S/C28H32N4O4/c1-7-30-27(29)26-19(2)32(22-11-13-31(18-22)25(33)10-12-28(3,4)34)17-21(26)9-8-20-14-23(35-5)16-24(15-20)36-6/h7,14-17,22,34H,1,11,13,18H2,2-6H3,(H2,29,30). The molecule has 36 heavy (non-hydrogen) atoms. The molecule has 2 aromatic rings. The Bertz CT molecular complexity index is 1290. The van der Waals surface area contributed by atoms with Crippen molar-refractivity contribution in [2.24, 2.45) is 10.7 Å². The lowest BCUT2D eigenvalue weighted by molar-refractivity contribution is -0.124. The van der Waals surface area contributed by atoms with Gasteiger partial charge in [0.15, 0.2) is 0 Å². The zero-order chi connectivity index (χ0) is 26.5. The summed E-state index contributed by atoms with van der Waals surface area (Å²) in [6.45, 7) is 9.76. The van der Waals surface area contributed by atoms with E-state index in [1.165, 1.54) is 6.20 Å². The third-order valence-corrected chi connectivity index (χ3v) is 5.79. The maximum absolute atomic E-state index is 12.5. The van der Waals surface area contributed by atoms with Crippen molar-refractivity contribution in [1.29, 1.82) is 0 Å². The highest BCUT2D eigenvalue weighted by Gasteiger charge is 2.29. The van der Waals surface area contributed by atoms with Crippen LogP contribution >= 0.6 is 0 Å². The number of nitrogens with two attached hydrogens (primary N) is 1. The molecule has 2 heterocycles. The van der Waals surface area contributed by atoms with Gasteiger partial charge >= 0.3 is 0 Å². The Morgan fingerprint density at radius 2 is 1.92 bits per heavy atom. The lowest BCUT2D eigenvalue weighted by Crippen LogP contribution is -2.28. The Kier molecular flexibility index (Phi) is 8.14. The summed E-state index contributed by atoms with van der Waals surface area (Å²) in [5.41, 5.74) is 8.13. The van der Waals surface area contributed by atoms with Crippen LogP contribution in [0, 0.1) is 30.6 Å². The minimum atomic E-state index is -1.22. The molecule has 1 aliphatic heterocycles. The van der Waals surface area contributed by atoms with Gasteiger partial charge in [-0.3, -0.25) is 4.79 Å². The predicted molar refractivity (Wildman–Crippen MR) is 140 cm³/mol. The minimum Gasteiger partial charge on any atom is -0.497 e. The third kappa shape index (κ3) is 6.29.